The average Bonchev–Trinajstić information content (AvgIpc) is 2.87. The highest BCUT2D eigenvalue weighted by atomic mass is 35.5. The summed E-state index contributed by atoms with van der Waals surface area (Å²) in [6.07, 6.45) is 0. The number of rotatable bonds is 3. The zero-order valence-corrected chi connectivity index (χ0v) is 13.1. The van der Waals surface area contributed by atoms with Gasteiger partial charge in [-0.25, -0.2) is 14.6 Å². The number of anilines is 3. The van der Waals surface area contributed by atoms with Crippen molar-refractivity contribution in [1.29, 1.82) is 0 Å². The van der Waals surface area contributed by atoms with E-state index in [0.717, 1.165) is 5.69 Å². The highest BCUT2D eigenvalue weighted by Crippen LogP contribution is 2.26. The molecule has 0 aliphatic carbocycles. The summed E-state index contributed by atoms with van der Waals surface area (Å²) in [6, 6.07) is 7.31. The van der Waals surface area contributed by atoms with Gasteiger partial charge in [0.1, 0.15) is 0 Å². The van der Waals surface area contributed by atoms with Crippen LogP contribution in [0.3, 0.4) is 0 Å². The number of nitrogens with zero attached hydrogens (tertiary/aromatic N) is 4. The van der Waals surface area contributed by atoms with E-state index in [1.165, 1.54) is 0 Å². The number of fused-ring (bicyclic) bond motifs is 1. The lowest BCUT2D eigenvalue weighted by Gasteiger charge is -2.22. The molecule has 0 unspecified atom stereocenters. The van der Waals surface area contributed by atoms with Crippen molar-refractivity contribution in [2.45, 2.75) is 26.3 Å². The molecule has 1 aromatic carbocycles. The van der Waals surface area contributed by atoms with Crippen LogP contribution in [-0.2, 0) is 0 Å². The normalized spacial score (nSPS) is 11.6. The van der Waals surface area contributed by atoms with E-state index in [4.69, 9.17) is 11.6 Å². The Balaban J connectivity index is 2.01. The molecule has 0 spiro atoms. The molecule has 22 heavy (non-hydrogen) atoms. The average molecular weight is 319 g/mol. The van der Waals surface area contributed by atoms with E-state index in [2.05, 4.69) is 35.5 Å². The highest BCUT2D eigenvalue weighted by Gasteiger charge is 2.18. The van der Waals surface area contributed by atoms with Gasteiger partial charge in [0.05, 0.1) is 0 Å². The number of hydrogen-bond acceptors (Lipinski definition) is 7. The Kier molecular flexibility index (Phi) is 3.58. The monoisotopic (exact) mass is 318 g/mol. The van der Waals surface area contributed by atoms with Crippen LogP contribution in [0.2, 0.25) is 5.02 Å². The van der Waals surface area contributed by atoms with Gasteiger partial charge < -0.3 is 10.6 Å². The fraction of sp³-hybridized carbons (Fsp3) is 0.286. The number of halogens is 1. The van der Waals surface area contributed by atoms with Gasteiger partial charge in [0, 0.05) is 16.2 Å². The standard InChI is InChI=1S/C14H15ClN6O/c1-14(2,3)19-11-10(16-9-6-4-8(15)5-7-9)17-12-13(18-11)21-22-20-12/h4-7H,1-3H3,(H,16,17,20)(H,18,19,21). The van der Waals surface area contributed by atoms with Crippen LogP contribution in [0.4, 0.5) is 17.3 Å². The van der Waals surface area contributed by atoms with Gasteiger partial charge in [-0.15, -0.1) is 0 Å². The van der Waals surface area contributed by atoms with Crippen molar-refractivity contribution in [3.63, 3.8) is 0 Å². The number of aromatic nitrogens is 4. The SMILES string of the molecule is CC(C)(C)Nc1nc2nonc2nc1Nc1ccc(Cl)cc1. The van der Waals surface area contributed by atoms with E-state index in [0.29, 0.717) is 28.0 Å². The van der Waals surface area contributed by atoms with Crippen LogP contribution in [0.25, 0.3) is 11.3 Å². The predicted molar refractivity (Wildman–Crippen MR) is 85.5 cm³/mol. The van der Waals surface area contributed by atoms with Crippen LogP contribution in [0.15, 0.2) is 28.9 Å². The van der Waals surface area contributed by atoms with E-state index < -0.39 is 0 Å². The van der Waals surface area contributed by atoms with Crippen molar-refractivity contribution in [2.24, 2.45) is 0 Å². The van der Waals surface area contributed by atoms with E-state index >= 15 is 0 Å². The molecular weight excluding hydrogens is 304 g/mol. The molecule has 2 heterocycles. The largest absolute Gasteiger partial charge is 0.362 e. The second kappa shape index (κ2) is 5.42. The lowest BCUT2D eigenvalue weighted by Crippen LogP contribution is -2.27. The third kappa shape index (κ3) is 3.25. The maximum atomic E-state index is 5.90. The third-order valence-corrected chi connectivity index (χ3v) is 2.97. The fourth-order valence-corrected chi connectivity index (χ4v) is 1.96. The molecule has 0 fully saturated rings. The summed E-state index contributed by atoms with van der Waals surface area (Å²) in [5.41, 5.74) is 1.35. The first-order valence-electron chi connectivity index (χ1n) is 6.72. The smallest absolute Gasteiger partial charge is 0.245 e. The van der Waals surface area contributed by atoms with Crippen molar-refractivity contribution in [2.75, 3.05) is 10.6 Å². The van der Waals surface area contributed by atoms with Crippen LogP contribution < -0.4 is 10.6 Å². The van der Waals surface area contributed by atoms with E-state index in [-0.39, 0.29) is 5.54 Å². The number of hydrogen-bond donors (Lipinski definition) is 2. The fourth-order valence-electron chi connectivity index (χ4n) is 1.84. The van der Waals surface area contributed by atoms with Gasteiger partial charge in [0.2, 0.25) is 11.3 Å². The summed E-state index contributed by atoms with van der Waals surface area (Å²) in [5, 5.41) is 14.6. The maximum absolute atomic E-state index is 5.90. The van der Waals surface area contributed by atoms with E-state index in [9.17, 15) is 0 Å². The maximum Gasteiger partial charge on any atom is 0.245 e. The van der Waals surface area contributed by atoms with Crippen molar-refractivity contribution in [3.8, 4) is 0 Å². The van der Waals surface area contributed by atoms with Gasteiger partial charge in [-0.1, -0.05) is 11.6 Å². The van der Waals surface area contributed by atoms with Crippen LogP contribution in [0.1, 0.15) is 20.8 Å². The Hall–Kier alpha value is -2.41. The van der Waals surface area contributed by atoms with Crippen LogP contribution in [-0.4, -0.2) is 25.8 Å². The summed E-state index contributed by atoms with van der Waals surface area (Å²) >= 11 is 5.90. The Morgan fingerprint density at radius 1 is 0.955 bits per heavy atom. The molecule has 0 amide bonds. The number of benzene rings is 1. The quantitative estimate of drug-likeness (QED) is 0.762. The zero-order valence-electron chi connectivity index (χ0n) is 12.4. The lowest BCUT2D eigenvalue weighted by molar-refractivity contribution is 0.314. The van der Waals surface area contributed by atoms with Crippen molar-refractivity contribution >= 4 is 40.2 Å². The Labute approximate surface area is 132 Å². The minimum Gasteiger partial charge on any atom is -0.362 e. The Morgan fingerprint density at radius 3 is 2.14 bits per heavy atom. The minimum atomic E-state index is -0.185. The first-order chi connectivity index (χ1) is 10.4. The summed E-state index contributed by atoms with van der Waals surface area (Å²) in [4.78, 5) is 8.81. The minimum absolute atomic E-state index is 0.185. The molecule has 2 N–H and O–H groups in total. The Morgan fingerprint density at radius 2 is 1.55 bits per heavy atom. The first-order valence-corrected chi connectivity index (χ1v) is 7.10. The van der Waals surface area contributed by atoms with E-state index in [1.807, 2.05) is 32.9 Å². The second-order valence-corrected chi connectivity index (χ2v) is 6.28. The summed E-state index contributed by atoms with van der Waals surface area (Å²) in [5.74, 6) is 1.12. The molecule has 0 radical (unpaired) electrons. The molecule has 8 heteroatoms. The molecule has 7 nitrogen and oxygen atoms in total. The van der Waals surface area contributed by atoms with Crippen LogP contribution in [0.5, 0.6) is 0 Å². The Bertz CT molecular complexity index is 793. The van der Waals surface area contributed by atoms with Crippen LogP contribution in [0, 0.1) is 0 Å². The zero-order chi connectivity index (χ0) is 15.7. The van der Waals surface area contributed by atoms with Crippen LogP contribution >= 0.6 is 11.6 Å². The van der Waals surface area contributed by atoms with Gasteiger partial charge >= 0.3 is 0 Å². The molecule has 0 saturated heterocycles. The van der Waals surface area contributed by atoms with Crippen molar-refractivity contribution in [1.82, 2.24) is 20.3 Å². The molecule has 3 aromatic rings. The third-order valence-electron chi connectivity index (χ3n) is 2.71. The van der Waals surface area contributed by atoms with Crippen molar-refractivity contribution < 1.29 is 4.63 Å². The molecular formula is C14H15ClN6O. The molecule has 0 atom stereocenters. The molecule has 114 valence electrons. The molecule has 0 saturated carbocycles. The van der Waals surface area contributed by atoms with Gasteiger partial charge in [-0.3, -0.25) is 0 Å². The molecule has 3 rings (SSSR count). The van der Waals surface area contributed by atoms with Crippen molar-refractivity contribution in [3.05, 3.63) is 29.3 Å². The first kappa shape index (κ1) is 14.5. The van der Waals surface area contributed by atoms with E-state index in [1.54, 1.807) is 12.1 Å². The number of nitrogens with one attached hydrogen (secondary N) is 2. The molecule has 0 aliphatic rings. The lowest BCUT2D eigenvalue weighted by atomic mass is 10.1. The molecule has 2 aromatic heterocycles. The summed E-state index contributed by atoms with van der Waals surface area (Å²) in [7, 11) is 0. The van der Waals surface area contributed by atoms with Gasteiger partial charge in [-0.2, -0.15) is 0 Å². The van der Waals surface area contributed by atoms with Gasteiger partial charge in [0.25, 0.3) is 0 Å². The predicted octanol–water partition coefficient (Wildman–Crippen LogP) is 3.62. The summed E-state index contributed by atoms with van der Waals surface area (Å²) < 4.78 is 4.67. The molecule has 0 bridgehead atoms. The summed E-state index contributed by atoms with van der Waals surface area (Å²) in [6.45, 7) is 6.10. The van der Waals surface area contributed by atoms with Gasteiger partial charge in [-0.05, 0) is 55.4 Å². The second-order valence-electron chi connectivity index (χ2n) is 5.84. The molecule has 0 aliphatic heterocycles. The van der Waals surface area contributed by atoms with Gasteiger partial charge in [0.15, 0.2) is 11.6 Å². The highest BCUT2D eigenvalue weighted by molar-refractivity contribution is 6.30. The topological polar surface area (TPSA) is 88.8 Å².